The highest BCUT2D eigenvalue weighted by molar-refractivity contribution is 7.51. The lowest BCUT2D eigenvalue weighted by Crippen LogP contribution is -2.22. The van der Waals surface area contributed by atoms with Gasteiger partial charge in [0.05, 0.1) is 6.16 Å². The van der Waals surface area contributed by atoms with Gasteiger partial charge in [-0.15, -0.1) is 0 Å². The second-order valence-corrected chi connectivity index (χ2v) is 3.89. The van der Waals surface area contributed by atoms with Crippen molar-refractivity contribution in [2.45, 2.75) is 18.9 Å². The first-order chi connectivity index (χ1) is 4.83. The van der Waals surface area contributed by atoms with E-state index >= 15 is 0 Å². The smallest absolute Gasteiger partial charge is 0.325 e. The van der Waals surface area contributed by atoms with Crippen LogP contribution in [0.3, 0.4) is 0 Å². The third kappa shape index (κ3) is 6.40. The molecule has 68 valence electrons. The Balaban J connectivity index is 3.63. The lowest BCUT2D eigenvalue weighted by molar-refractivity contribution is -0.0656. The van der Waals surface area contributed by atoms with Crippen molar-refractivity contribution in [1.82, 2.24) is 0 Å². The van der Waals surface area contributed by atoms with E-state index < -0.39 is 32.6 Å². The Morgan fingerprint density at radius 1 is 1.36 bits per heavy atom. The molecule has 0 radical (unpaired) electrons. The molecule has 0 amide bonds. The zero-order valence-corrected chi connectivity index (χ0v) is 6.49. The van der Waals surface area contributed by atoms with E-state index in [2.05, 4.69) is 0 Å². The van der Waals surface area contributed by atoms with Crippen LogP contribution in [0.25, 0.3) is 0 Å². The van der Waals surface area contributed by atoms with Gasteiger partial charge in [-0.1, -0.05) is 0 Å². The Labute approximate surface area is 62.6 Å². The van der Waals surface area contributed by atoms with E-state index in [4.69, 9.17) is 20.0 Å². The lowest BCUT2D eigenvalue weighted by Gasteiger charge is -2.10. The first-order valence-corrected chi connectivity index (χ1v) is 4.67. The molecule has 0 bridgehead atoms. The molecule has 0 rings (SSSR count). The van der Waals surface area contributed by atoms with Crippen LogP contribution in [0, 0.1) is 0 Å². The van der Waals surface area contributed by atoms with Crippen LogP contribution in [0.15, 0.2) is 0 Å². The summed E-state index contributed by atoms with van der Waals surface area (Å²) in [4.78, 5) is 16.5. The Kier molecular flexibility index (Phi) is 4.13. The standard InChI is InChI=1S/C4H10FO5P/c5-4(7)3(6)1-2-11(8,9)10/h3-4,6-7H,1-2H2,(H2,8,9,10). The van der Waals surface area contributed by atoms with Crippen LogP contribution in [0.2, 0.25) is 0 Å². The summed E-state index contributed by atoms with van der Waals surface area (Å²) in [5.74, 6) is 0. The maximum Gasteiger partial charge on any atom is 0.325 e. The largest absolute Gasteiger partial charge is 0.387 e. The van der Waals surface area contributed by atoms with E-state index in [9.17, 15) is 8.96 Å². The van der Waals surface area contributed by atoms with Crippen LogP contribution < -0.4 is 0 Å². The molecule has 11 heavy (non-hydrogen) atoms. The summed E-state index contributed by atoms with van der Waals surface area (Å²) in [5, 5.41) is 16.6. The van der Waals surface area contributed by atoms with Crippen LogP contribution in [-0.2, 0) is 4.57 Å². The van der Waals surface area contributed by atoms with Gasteiger partial charge in [0, 0.05) is 0 Å². The molecular formula is C4H10FO5P. The second kappa shape index (κ2) is 4.13. The highest BCUT2D eigenvalue weighted by Crippen LogP contribution is 2.35. The molecule has 0 aromatic carbocycles. The molecule has 2 atom stereocenters. The van der Waals surface area contributed by atoms with Gasteiger partial charge in [-0.05, 0) is 6.42 Å². The Bertz CT molecular complexity index is 155. The number of alkyl halides is 1. The molecule has 0 spiro atoms. The number of rotatable bonds is 4. The predicted octanol–water partition coefficient (Wildman–Crippen LogP) is -0.797. The first kappa shape index (κ1) is 11.0. The van der Waals surface area contributed by atoms with Crippen molar-refractivity contribution in [3.05, 3.63) is 0 Å². The van der Waals surface area contributed by atoms with Crippen LogP contribution in [0.5, 0.6) is 0 Å². The third-order valence-corrected chi connectivity index (χ3v) is 1.87. The second-order valence-electron chi connectivity index (χ2n) is 2.12. The molecule has 0 saturated carbocycles. The zero-order valence-electron chi connectivity index (χ0n) is 5.59. The molecule has 2 unspecified atom stereocenters. The molecule has 0 saturated heterocycles. The molecule has 0 aromatic heterocycles. The number of hydrogen-bond acceptors (Lipinski definition) is 3. The first-order valence-electron chi connectivity index (χ1n) is 2.87. The summed E-state index contributed by atoms with van der Waals surface area (Å²) in [6.07, 6.45) is -5.25. The summed E-state index contributed by atoms with van der Waals surface area (Å²) in [7, 11) is -4.20. The van der Waals surface area contributed by atoms with Crippen LogP contribution >= 0.6 is 7.60 Å². The molecule has 0 fully saturated rings. The van der Waals surface area contributed by atoms with Gasteiger partial charge in [0.2, 0.25) is 6.36 Å². The summed E-state index contributed by atoms with van der Waals surface area (Å²) >= 11 is 0. The summed E-state index contributed by atoms with van der Waals surface area (Å²) in [6, 6.07) is 0. The molecule has 4 N–H and O–H groups in total. The minimum absolute atomic E-state index is 0.456. The molecular weight excluding hydrogens is 178 g/mol. The van der Waals surface area contributed by atoms with Gasteiger partial charge in [-0.2, -0.15) is 0 Å². The molecule has 5 nitrogen and oxygen atoms in total. The topological polar surface area (TPSA) is 98.0 Å². The van der Waals surface area contributed by atoms with E-state index in [-0.39, 0.29) is 0 Å². The lowest BCUT2D eigenvalue weighted by atomic mass is 10.3. The Hall–Kier alpha value is -0.0000000000000000555. The van der Waals surface area contributed by atoms with Crippen LogP contribution in [-0.4, -0.2) is 38.6 Å². The minimum atomic E-state index is -4.20. The van der Waals surface area contributed by atoms with Crippen molar-refractivity contribution >= 4 is 7.60 Å². The van der Waals surface area contributed by atoms with Gasteiger partial charge in [0.15, 0.2) is 0 Å². The van der Waals surface area contributed by atoms with Gasteiger partial charge >= 0.3 is 7.60 Å². The van der Waals surface area contributed by atoms with Crippen molar-refractivity contribution in [1.29, 1.82) is 0 Å². The monoisotopic (exact) mass is 188 g/mol. The van der Waals surface area contributed by atoms with Gasteiger partial charge in [0.25, 0.3) is 0 Å². The SMILES string of the molecule is O=P(O)(O)CCC(O)C(O)F. The summed E-state index contributed by atoms with van der Waals surface area (Å²) in [6.45, 7) is 0. The fraction of sp³-hybridized carbons (Fsp3) is 1.00. The molecule has 0 aliphatic rings. The number of aliphatic hydroxyl groups excluding tert-OH is 2. The van der Waals surface area contributed by atoms with Crippen molar-refractivity contribution in [2.24, 2.45) is 0 Å². The van der Waals surface area contributed by atoms with Crippen LogP contribution in [0.1, 0.15) is 6.42 Å². The zero-order chi connectivity index (χ0) is 9.07. The molecule has 7 heteroatoms. The van der Waals surface area contributed by atoms with Crippen molar-refractivity contribution in [3.8, 4) is 0 Å². The average molecular weight is 188 g/mol. The van der Waals surface area contributed by atoms with E-state index in [1.165, 1.54) is 0 Å². The average Bonchev–Trinajstić information content (AvgIpc) is 1.80. The maximum atomic E-state index is 11.7. The quantitative estimate of drug-likeness (QED) is 0.433. The van der Waals surface area contributed by atoms with E-state index in [1.54, 1.807) is 0 Å². The highest BCUT2D eigenvalue weighted by atomic mass is 31.2. The van der Waals surface area contributed by atoms with E-state index in [0.29, 0.717) is 0 Å². The minimum Gasteiger partial charge on any atom is -0.387 e. The third-order valence-electron chi connectivity index (χ3n) is 1.03. The molecule has 0 aromatic rings. The molecule has 0 aliphatic carbocycles. The number of aliphatic hydroxyl groups is 2. The predicted molar refractivity (Wildman–Crippen MR) is 34.6 cm³/mol. The summed E-state index contributed by atoms with van der Waals surface area (Å²) in [5.41, 5.74) is 0. The maximum absolute atomic E-state index is 11.7. The van der Waals surface area contributed by atoms with E-state index in [0.717, 1.165) is 0 Å². The summed E-state index contributed by atoms with van der Waals surface area (Å²) < 4.78 is 21.9. The van der Waals surface area contributed by atoms with Gasteiger partial charge < -0.3 is 20.0 Å². The van der Waals surface area contributed by atoms with Crippen molar-refractivity contribution < 1.29 is 29.0 Å². The number of hydrogen-bond donors (Lipinski definition) is 4. The normalized spacial score (nSPS) is 17.9. The Morgan fingerprint density at radius 3 is 2.09 bits per heavy atom. The van der Waals surface area contributed by atoms with Gasteiger partial charge in [-0.25, -0.2) is 4.39 Å². The van der Waals surface area contributed by atoms with Crippen molar-refractivity contribution in [3.63, 3.8) is 0 Å². The fourth-order valence-electron chi connectivity index (χ4n) is 0.438. The molecule has 0 aliphatic heterocycles. The Morgan fingerprint density at radius 2 is 1.82 bits per heavy atom. The van der Waals surface area contributed by atoms with Gasteiger partial charge in [-0.3, -0.25) is 4.57 Å². The van der Waals surface area contributed by atoms with Gasteiger partial charge in [0.1, 0.15) is 6.10 Å². The fourth-order valence-corrected chi connectivity index (χ4v) is 1.04. The molecule has 0 heterocycles. The van der Waals surface area contributed by atoms with E-state index in [1.807, 2.05) is 0 Å². The number of halogens is 1. The highest BCUT2D eigenvalue weighted by Gasteiger charge is 2.20. The van der Waals surface area contributed by atoms with Crippen LogP contribution in [0.4, 0.5) is 4.39 Å². The van der Waals surface area contributed by atoms with Crippen molar-refractivity contribution in [2.75, 3.05) is 6.16 Å².